The number of ether oxygens (including phenoxy) is 2. The summed E-state index contributed by atoms with van der Waals surface area (Å²) < 4.78 is 40.4. The van der Waals surface area contributed by atoms with Gasteiger partial charge in [-0.2, -0.15) is 0 Å². The number of unbranched alkanes of at least 4 members (excludes halogenated alkanes) is 11. The zero-order chi connectivity index (χ0) is 47.6. The maximum atomic E-state index is 12.8. The molecule has 0 aromatic carbocycles. The van der Waals surface area contributed by atoms with Crippen LogP contribution in [0.1, 0.15) is 158 Å². The monoisotopic (exact) mass is 925 g/mol. The maximum absolute atomic E-state index is 12.8. The molecule has 64 heavy (non-hydrogen) atoms. The first-order valence-electron chi connectivity index (χ1n) is 24.1. The number of hydrogen-bond acceptors (Lipinski definition) is 11. The molecule has 1 aromatic rings. The van der Waals surface area contributed by atoms with Gasteiger partial charge in [0.15, 0.2) is 6.10 Å². The first-order valence-corrected chi connectivity index (χ1v) is 25.5. The van der Waals surface area contributed by atoms with Crippen LogP contribution < -0.4 is 0 Å². The lowest BCUT2D eigenvalue weighted by Crippen LogP contribution is -2.37. The Morgan fingerprint density at radius 1 is 0.656 bits per heavy atom. The van der Waals surface area contributed by atoms with Gasteiger partial charge in [-0.15, -0.1) is 0 Å². The minimum atomic E-state index is -4.49. The minimum absolute atomic E-state index is 0.0403. The van der Waals surface area contributed by atoms with Crippen molar-refractivity contribution < 1.29 is 61.8 Å². The van der Waals surface area contributed by atoms with E-state index in [1.165, 1.54) is 36.5 Å². The number of aliphatic hydroxyl groups is 3. The van der Waals surface area contributed by atoms with Crippen LogP contribution in [0.25, 0.3) is 0 Å². The average molecular weight is 925 g/mol. The third kappa shape index (κ3) is 31.1. The van der Waals surface area contributed by atoms with E-state index in [1.807, 2.05) is 21.1 Å². The molecule has 1 heterocycles. The van der Waals surface area contributed by atoms with Crippen molar-refractivity contribution in [2.45, 2.75) is 187 Å². The number of hydrogen-bond donors (Lipinski definition) is 4. The topological polar surface area (TPSA) is 182 Å². The van der Waals surface area contributed by atoms with Gasteiger partial charge in [0, 0.05) is 25.7 Å². The zero-order valence-electron chi connectivity index (χ0n) is 40.6. The Morgan fingerprint density at radius 2 is 1.19 bits per heavy atom. The molecule has 5 atom stereocenters. The highest BCUT2D eigenvalue weighted by atomic mass is 31.2. The first-order chi connectivity index (χ1) is 30.5. The summed E-state index contributed by atoms with van der Waals surface area (Å²) in [4.78, 5) is 35.6. The molecule has 0 aliphatic heterocycles. The number of phosphoric ester groups is 1. The van der Waals surface area contributed by atoms with Crippen molar-refractivity contribution in [1.29, 1.82) is 0 Å². The maximum Gasteiger partial charge on any atom is 0.472 e. The number of carbonyl (C=O) groups is 2. The normalized spacial score (nSPS) is 15.4. The predicted octanol–water partition coefficient (Wildman–Crippen LogP) is 10.0. The van der Waals surface area contributed by atoms with Gasteiger partial charge in [0.25, 0.3) is 0 Å². The fourth-order valence-corrected chi connectivity index (χ4v) is 7.43. The standard InChI is InChI=1S/C50H86NO12P/c1-8-10-22-29-43(52)30-24-18-16-17-19-25-31-45(53)46(54)32-28-36-50(56)62-44(40-61-64(57,58)60-38-37-51(5,6)7)39-59-49(55)35-27-21-15-13-12-14-20-26-34-48-42(4)41(3)47(63-48)33-23-11-9-2/h16-19,24-25,30-31,43-46,52-54H,8-15,20-23,26-29,32-40H2,1-7H3/p+1/b18-16-,19-17+,30-24+,31-25+/t43-,44+,45-,46-/m0/s1. The van der Waals surface area contributed by atoms with Crippen LogP contribution in [0, 0.1) is 13.8 Å². The van der Waals surface area contributed by atoms with Crippen molar-refractivity contribution >= 4 is 19.8 Å². The zero-order valence-corrected chi connectivity index (χ0v) is 41.4. The fourth-order valence-electron chi connectivity index (χ4n) is 6.69. The van der Waals surface area contributed by atoms with E-state index in [0.717, 1.165) is 95.0 Å². The Balaban J connectivity index is 2.48. The molecule has 0 fully saturated rings. The van der Waals surface area contributed by atoms with Gasteiger partial charge in [-0.05, 0) is 63.5 Å². The molecule has 1 aromatic heterocycles. The highest BCUT2D eigenvalue weighted by Gasteiger charge is 2.27. The van der Waals surface area contributed by atoms with E-state index in [2.05, 4.69) is 27.7 Å². The molecule has 4 N–H and O–H groups in total. The number of allylic oxidation sites excluding steroid dienone is 6. The summed E-state index contributed by atoms with van der Waals surface area (Å²) in [6.45, 7) is 8.19. The Labute approximate surface area is 386 Å². The number of nitrogens with zero attached hydrogens (tertiary/aromatic N) is 1. The van der Waals surface area contributed by atoms with E-state index in [1.54, 1.807) is 42.5 Å². The summed E-state index contributed by atoms with van der Waals surface area (Å²) in [6.07, 6.45) is 27.8. The van der Waals surface area contributed by atoms with Gasteiger partial charge in [-0.1, -0.05) is 133 Å². The van der Waals surface area contributed by atoms with Gasteiger partial charge in [-0.25, -0.2) is 4.57 Å². The number of likely N-dealkylation sites (N-methyl/N-ethyl adjacent to an activating group) is 1. The second kappa shape index (κ2) is 35.3. The van der Waals surface area contributed by atoms with Crippen LogP contribution in [0.4, 0.5) is 0 Å². The molecular formula is C50H87NO12P+. The summed E-state index contributed by atoms with van der Waals surface area (Å²) in [5, 5.41) is 30.7. The van der Waals surface area contributed by atoms with E-state index in [4.69, 9.17) is 22.9 Å². The lowest BCUT2D eigenvalue weighted by atomic mass is 10.0. The van der Waals surface area contributed by atoms with Crippen LogP contribution in [-0.4, -0.2) is 109 Å². The molecule has 0 saturated heterocycles. The number of esters is 2. The Hall–Kier alpha value is -2.87. The number of rotatable bonds is 39. The molecule has 368 valence electrons. The third-order valence-corrected chi connectivity index (χ3v) is 11.9. The Morgan fingerprint density at radius 3 is 1.80 bits per heavy atom. The average Bonchev–Trinajstić information content (AvgIpc) is 3.50. The summed E-state index contributed by atoms with van der Waals surface area (Å²) in [5.41, 5.74) is 2.62. The molecule has 0 spiro atoms. The SMILES string of the molecule is CCCCCc1oc(CCCCCCCCCCC(=O)OC[C@H](COP(=O)(O)OCC[N+](C)(C)C)OC(=O)CCC[C@H](O)[C@@H](O)/C=C/C=C/C=C\C=C\[C@@H](O)CCCCC)c(C)c1C. The van der Waals surface area contributed by atoms with Gasteiger partial charge in [0.1, 0.15) is 31.3 Å². The van der Waals surface area contributed by atoms with E-state index < -0.39 is 50.8 Å². The van der Waals surface area contributed by atoms with Crippen molar-refractivity contribution in [1.82, 2.24) is 0 Å². The molecule has 0 bridgehead atoms. The van der Waals surface area contributed by atoms with Gasteiger partial charge in [0.05, 0.1) is 46.1 Å². The van der Waals surface area contributed by atoms with Crippen LogP contribution in [-0.2, 0) is 45.5 Å². The number of quaternary nitrogens is 1. The van der Waals surface area contributed by atoms with Crippen molar-refractivity contribution in [3.05, 3.63) is 71.3 Å². The highest BCUT2D eigenvalue weighted by Crippen LogP contribution is 2.43. The lowest BCUT2D eigenvalue weighted by Gasteiger charge is -2.24. The number of aryl methyl sites for hydroxylation is 2. The number of phosphoric acid groups is 1. The van der Waals surface area contributed by atoms with E-state index in [-0.39, 0.29) is 38.9 Å². The lowest BCUT2D eigenvalue weighted by molar-refractivity contribution is -0.870. The van der Waals surface area contributed by atoms with Crippen LogP contribution in [0.2, 0.25) is 0 Å². The molecule has 13 nitrogen and oxygen atoms in total. The molecule has 1 rings (SSSR count). The highest BCUT2D eigenvalue weighted by molar-refractivity contribution is 7.47. The molecule has 0 amide bonds. The summed E-state index contributed by atoms with van der Waals surface area (Å²) in [6, 6.07) is 0. The fraction of sp³-hybridized carbons (Fsp3) is 0.720. The first kappa shape index (κ1) is 59.1. The molecular weight excluding hydrogens is 838 g/mol. The summed E-state index contributed by atoms with van der Waals surface area (Å²) >= 11 is 0. The van der Waals surface area contributed by atoms with Gasteiger partial charge >= 0.3 is 19.8 Å². The quantitative estimate of drug-likeness (QED) is 0.0162. The molecule has 0 aliphatic carbocycles. The van der Waals surface area contributed by atoms with E-state index >= 15 is 0 Å². The third-order valence-electron chi connectivity index (χ3n) is 10.9. The van der Waals surface area contributed by atoms with E-state index in [9.17, 15) is 34.4 Å². The second-order valence-corrected chi connectivity index (χ2v) is 19.4. The minimum Gasteiger partial charge on any atom is -0.466 e. The van der Waals surface area contributed by atoms with Crippen molar-refractivity contribution in [3.8, 4) is 0 Å². The van der Waals surface area contributed by atoms with Crippen LogP contribution in [0.3, 0.4) is 0 Å². The number of furan rings is 1. The molecule has 14 heteroatoms. The van der Waals surface area contributed by atoms with Crippen molar-refractivity contribution in [2.75, 3.05) is 47.5 Å². The van der Waals surface area contributed by atoms with Crippen molar-refractivity contribution in [3.63, 3.8) is 0 Å². The van der Waals surface area contributed by atoms with Crippen LogP contribution >= 0.6 is 7.82 Å². The Bertz CT molecular complexity index is 1560. The number of carbonyl (C=O) groups excluding carboxylic acids is 2. The molecule has 0 radical (unpaired) electrons. The summed E-state index contributed by atoms with van der Waals surface area (Å²) in [5.74, 6) is 1.15. The van der Waals surface area contributed by atoms with Gasteiger partial charge < -0.3 is 38.6 Å². The molecule has 0 aliphatic rings. The molecule has 0 saturated carbocycles. The molecule has 1 unspecified atom stereocenters. The smallest absolute Gasteiger partial charge is 0.466 e. The number of aliphatic hydroxyl groups excluding tert-OH is 3. The Kier molecular flexibility index (Phi) is 32.7. The second-order valence-electron chi connectivity index (χ2n) is 17.9. The van der Waals surface area contributed by atoms with Crippen LogP contribution in [0.5, 0.6) is 0 Å². The summed E-state index contributed by atoms with van der Waals surface area (Å²) in [7, 11) is 1.23. The predicted molar refractivity (Wildman–Crippen MR) is 255 cm³/mol. The van der Waals surface area contributed by atoms with E-state index in [0.29, 0.717) is 17.4 Å². The van der Waals surface area contributed by atoms with Crippen molar-refractivity contribution in [2.24, 2.45) is 0 Å². The van der Waals surface area contributed by atoms with Gasteiger partial charge in [-0.3, -0.25) is 18.6 Å². The largest absolute Gasteiger partial charge is 0.472 e. The van der Waals surface area contributed by atoms with Gasteiger partial charge in [0.2, 0.25) is 0 Å². The van der Waals surface area contributed by atoms with Crippen LogP contribution in [0.15, 0.2) is 53.0 Å².